The van der Waals surface area contributed by atoms with Gasteiger partial charge in [-0.25, -0.2) is 0 Å². The lowest BCUT2D eigenvalue weighted by Crippen LogP contribution is -2.25. The Morgan fingerprint density at radius 2 is 2.14 bits per heavy atom. The second-order valence-corrected chi connectivity index (χ2v) is 6.62. The van der Waals surface area contributed by atoms with Gasteiger partial charge in [0.25, 0.3) is 0 Å². The number of phenolic OH excluding ortho intramolecular Hbond substituents is 1. The van der Waals surface area contributed by atoms with Crippen LogP contribution in [0.3, 0.4) is 0 Å². The number of benzene rings is 1. The highest BCUT2D eigenvalue weighted by Crippen LogP contribution is 2.38. The van der Waals surface area contributed by atoms with Crippen LogP contribution in [0.25, 0.3) is 0 Å². The minimum atomic E-state index is -0.0267. The van der Waals surface area contributed by atoms with Crippen LogP contribution in [0.1, 0.15) is 55.9 Å². The summed E-state index contributed by atoms with van der Waals surface area (Å²) in [6.07, 6.45) is 2.31. The summed E-state index contributed by atoms with van der Waals surface area (Å²) in [5.41, 5.74) is 0.914. The van der Waals surface area contributed by atoms with Crippen molar-refractivity contribution in [3.8, 4) is 5.75 Å². The van der Waals surface area contributed by atoms with Crippen LogP contribution in [0.2, 0.25) is 5.02 Å². The third-order valence-electron chi connectivity index (χ3n) is 3.80. The van der Waals surface area contributed by atoms with Crippen molar-refractivity contribution in [1.29, 1.82) is 0 Å². The van der Waals surface area contributed by atoms with Crippen molar-refractivity contribution in [1.82, 2.24) is 15.5 Å². The van der Waals surface area contributed by atoms with Crippen molar-refractivity contribution in [3.05, 3.63) is 40.5 Å². The van der Waals surface area contributed by atoms with E-state index in [0.29, 0.717) is 29.3 Å². The van der Waals surface area contributed by atoms with Crippen LogP contribution in [0.5, 0.6) is 5.75 Å². The zero-order chi connectivity index (χ0) is 15.7. The molecule has 1 atom stereocenters. The Morgan fingerprint density at radius 3 is 2.77 bits per heavy atom. The molecule has 0 spiro atoms. The molecule has 5 nitrogen and oxygen atoms in total. The molecule has 1 heterocycles. The molecule has 1 unspecified atom stereocenters. The van der Waals surface area contributed by atoms with Crippen LogP contribution in [-0.2, 0) is 6.54 Å². The van der Waals surface area contributed by atoms with Crippen LogP contribution in [0.15, 0.2) is 22.7 Å². The van der Waals surface area contributed by atoms with E-state index in [2.05, 4.69) is 29.3 Å². The molecular formula is C16H20ClN3O2. The standard InChI is InChI=1S/C16H20ClN3O2/c1-9(2)14(16-19-15(20-22-16)11-3-4-11)18-8-10-5-12(17)7-13(21)6-10/h5-7,9,11,14,18,21H,3-4,8H2,1-2H3. The fourth-order valence-corrected chi connectivity index (χ4v) is 2.70. The molecular weight excluding hydrogens is 302 g/mol. The molecule has 22 heavy (non-hydrogen) atoms. The topological polar surface area (TPSA) is 71.2 Å². The lowest BCUT2D eigenvalue weighted by atomic mass is 10.0. The van der Waals surface area contributed by atoms with E-state index in [1.165, 1.54) is 6.07 Å². The van der Waals surface area contributed by atoms with Gasteiger partial charge in [-0.05, 0) is 42.5 Å². The zero-order valence-corrected chi connectivity index (χ0v) is 13.5. The highest BCUT2D eigenvalue weighted by Gasteiger charge is 2.31. The Bertz CT molecular complexity index is 632. The van der Waals surface area contributed by atoms with Gasteiger partial charge in [0.05, 0.1) is 6.04 Å². The Hall–Kier alpha value is -1.59. The molecule has 2 N–H and O–H groups in total. The molecule has 2 aromatic rings. The fraction of sp³-hybridized carbons (Fsp3) is 0.500. The summed E-state index contributed by atoms with van der Waals surface area (Å²) >= 11 is 5.96. The maximum Gasteiger partial charge on any atom is 0.244 e. The van der Waals surface area contributed by atoms with Crippen molar-refractivity contribution in [2.45, 2.75) is 45.2 Å². The molecule has 1 aromatic heterocycles. The van der Waals surface area contributed by atoms with E-state index >= 15 is 0 Å². The molecule has 1 saturated carbocycles. The largest absolute Gasteiger partial charge is 0.508 e. The van der Waals surface area contributed by atoms with Gasteiger partial charge >= 0.3 is 0 Å². The van der Waals surface area contributed by atoms with Crippen molar-refractivity contribution in [2.24, 2.45) is 5.92 Å². The predicted molar refractivity (Wildman–Crippen MR) is 83.8 cm³/mol. The SMILES string of the molecule is CC(C)C(NCc1cc(O)cc(Cl)c1)c1nc(C2CC2)no1. The summed E-state index contributed by atoms with van der Waals surface area (Å²) in [7, 11) is 0. The van der Waals surface area contributed by atoms with E-state index in [4.69, 9.17) is 16.1 Å². The van der Waals surface area contributed by atoms with Gasteiger partial charge in [0.2, 0.25) is 5.89 Å². The minimum absolute atomic E-state index is 0.0267. The first-order valence-electron chi connectivity index (χ1n) is 7.58. The van der Waals surface area contributed by atoms with Crippen LogP contribution in [0, 0.1) is 5.92 Å². The number of nitrogens with one attached hydrogen (secondary N) is 1. The normalized spacial score (nSPS) is 16.2. The van der Waals surface area contributed by atoms with E-state index < -0.39 is 0 Å². The molecule has 6 heteroatoms. The molecule has 0 bridgehead atoms. The van der Waals surface area contributed by atoms with Gasteiger partial charge in [-0.15, -0.1) is 0 Å². The van der Waals surface area contributed by atoms with Gasteiger partial charge in [-0.1, -0.05) is 30.6 Å². The van der Waals surface area contributed by atoms with E-state index in [1.54, 1.807) is 6.07 Å². The number of nitrogens with zero attached hydrogens (tertiary/aromatic N) is 2. The maximum atomic E-state index is 9.60. The van der Waals surface area contributed by atoms with Crippen molar-refractivity contribution >= 4 is 11.6 Å². The first-order chi connectivity index (χ1) is 10.5. The second-order valence-electron chi connectivity index (χ2n) is 6.19. The lowest BCUT2D eigenvalue weighted by molar-refractivity contribution is 0.286. The molecule has 0 aliphatic heterocycles. The van der Waals surface area contributed by atoms with Crippen LogP contribution in [-0.4, -0.2) is 15.2 Å². The smallest absolute Gasteiger partial charge is 0.244 e. The number of phenols is 1. The monoisotopic (exact) mass is 321 g/mol. The number of hydrogen-bond acceptors (Lipinski definition) is 5. The summed E-state index contributed by atoms with van der Waals surface area (Å²) in [5, 5.41) is 17.6. The van der Waals surface area contributed by atoms with E-state index in [9.17, 15) is 5.11 Å². The number of hydrogen-bond donors (Lipinski definition) is 2. The Labute approximate surface area is 134 Å². The second kappa shape index (κ2) is 6.26. The average molecular weight is 322 g/mol. The van der Waals surface area contributed by atoms with Crippen molar-refractivity contribution in [2.75, 3.05) is 0 Å². The molecule has 0 saturated heterocycles. The van der Waals surface area contributed by atoms with Crippen LogP contribution < -0.4 is 5.32 Å². The average Bonchev–Trinajstić information content (AvgIpc) is 3.17. The summed E-state index contributed by atoms with van der Waals surface area (Å²) in [6.45, 7) is 4.78. The number of halogens is 1. The van der Waals surface area contributed by atoms with Gasteiger partial charge in [0, 0.05) is 17.5 Å². The summed E-state index contributed by atoms with van der Waals surface area (Å²) in [5.74, 6) is 2.40. The van der Waals surface area contributed by atoms with Gasteiger partial charge in [0.1, 0.15) is 5.75 Å². The molecule has 0 amide bonds. The third kappa shape index (κ3) is 3.59. The summed E-state index contributed by atoms with van der Waals surface area (Å²) in [6, 6.07) is 5.01. The van der Waals surface area contributed by atoms with Gasteiger partial charge in [-0.2, -0.15) is 4.98 Å². The molecule has 1 aromatic carbocycles. The van der Waals surface area contributed by atoms with Gasteiger partial charge < -0.3 is 14.9 Å². The molecule has 1 fully saturated rings. The Kier molecular flexibility index (Phi) is 4.36. The Balaban J connectivity index is 1.70. The highest BCUT2D eigenvalue weighted by atomic mass is 35.5. The van der Waals surface area contributed by atoms with E-state index in [1.807, 2.05) is 6.07 Å². The molecule has 3 rings (SSSR count). The maximum absolute atomic E-state index is 9.60. The number of aromatic hydroxyl groups is 1. The number of aromatic nitrogens is 2. The quantitative estimate of drug-likeness (QED) is 0.847. The van der Waals surface area contributed by atoms with Crippen LogP contribution in [0.4, 0.5) is 0 Å². The molecule has 0 radical (unpaired) electrons. The van der Waals surface area contributed by atoms with Gasteiger partial charge in [0.15, 0.2) is 5.82 Å². The van der Waals surface area contributed by atoms with Crippen molar-refractivity contribution in [3.63, 3.8) is 0 Å². The number of rotatable bonds is 6. The van der Waals surface area contributed by atoms with Gasteiger partial charge in [-0.3, -0.25) is 0 Å². The zero-order valence-electron chi connectivity index (χ0n) is 12.7. The first kappa shape index (κ1) is 15.3. The third-order valence-corrected chi connectivity index (χ3v) is 4.02. The molecule has 1 aliphatic rings. The molecule has 118 valence electrons. The van der Waals surface area contributed by atoms with Crippen LogP contribution >= 0.6 is 11.6 Å². The summed E-state index contributed by atoms with van der Waals surface area (Å²) < 4.78 is 5.43. The Morgan fingerprint density at radius 1 is 1.36 bits per heavy atom. The van der Waals surface area contributed by atoms with E-state index in [0.717, 1.165) is 24.2 Å². The first-order valence-corrected chi connectivity index (χ1v) is 7.96. The molecule has 1 aliphatic carbocycles. The fourth-order valence-electron chi connectivity index (χ4n) is 2.45. The predicted octanol–water partition coefficient (Wildman–Crippen LogP) is 3.79. The lowest BCUT2D eigenvalue weighted by Gasteiger charge is -2.18. The summed E-state index contributed by atoms with van der Waals surface area (Å²) in [4.78, 5) is 4.53. The van der Waals surface area contributed by atoms with Crippen molar-refractivity contribution < 1.29 is 9.63 Å². The highest BCUT2D eigenvalue weighted by molar-refractivity contribution is 6.30. The minimum Gasteiger partial charge on any atom is -0.508 e. The van der Waals surface area contributed by atoms with E-state index in [-0.39, 0.29) is 11.8 Å².